The van der Waals surface area contributed by atoms with Gasteiger partial charge in [0.1, 0.15) is 17.0 Å². The fourth-order valence-corrected chi connectivity index (χ4v) is 8.52. The number of morpholine rings is 1. The van der Waals surface area contributed by atoms with Crippen LogP contribution in [0.3, 0.4) is 0 Å². The minimum atomic E-state index is -2.22. The Balaban J connectivity index is 1.49. The molecule has 2 saturated heterocycles. The third kappa shape index (κ3) is 2.33. The summed E-state index contributed by atoms with van der Waals surface area (Å²) in [6.45, 7) is 3.52. The van der Waals surface area contributed by atoms with E-state index in [1.165, 1.54) is 0 Å². The highest BCUT2D eigenvalue weighted by Crippen LogP contribution is 2.55. The van der Waals surface area contributed by atoms with Gasteiger partial charge in [0.25, 0.3) is 0 Å². The third-order valence-corrected chi connectivity index (χ3v) is 10.5. The minimum absolute atomic E-state index is 0.121. The number of aromatic amines is 1. The summed E-state index contributed by atoms with van der Waals surface area (Å²) in [7, 11) is -2.22. The molecule has 0 amide bonds. The maximum Gasteiger partial charge on any atom is 0.185 e. The van der Waals surface area contributed by atoms with Gasteiger partial charge in [0, 0.05) is 46.9 Å². The maximum absolute atomic E-state index is 13.7. The molecule has 0 bridgehead atoms. The Bertz CT molecular complexity index is 1390. The summed E-state index contributed by atoms with van der Waals surface area (Å²) < 4.78 is 30.8. The normalized spacial score (nSPS) is 31.0. The Labute approximate surface area is 185 Å². The van der Waals surface area contributed by atoms with Gasteiger partial charge in [-0.15, -0.1) is 0 Å². The van der Waals surface area contributed by atoms with Crippen molar-refractivity contribution in [2.75, 3.05) is 50.7 Å². The average molecular weight is 453 g/mol. The summed E-state index contributed by atoms with van der Waals surface area (Å²) in [5.74, 6) is 2.11. The summed E-state index contributed by atoms with van der Waals surface area (Å²) in [6, 6.07) is 8.27. The van der Waals surface area contributed by atoms with Gasteiger partial charge in [-0.25, -0.2) is 9.97 Å². The van der Waals surface area contributed by atoms with Crippen LogP contribution in [-0.4, -0.2) is 75.9 Å². The fraction of sp³-hybridized carbons (Fsp3) is 0.435. The lowest BCUT2D eigenvalue weighted by molar-refractivity contribution is 0.0690. The van der Waals surface area contributed by atoms with E-state index < -0.39 is 14.3 Å². The second-order valence-electron chi connectivity index (χ2n) is 8.92. The summed E-state index contributed by atoms with van der Waals surface area (Å²) >= 11 is 0. The molecule has 0 saturated carbocycles. The van der Waals surface area contributed by atoms with Crippen molar-refractivity contribution in [3.63, 3.8) is 0 Å². The van der Waals surface area contributed by atoms with E-state index in [2.05, 4.69) is 9.88 Å². The largest absolute Gasteiger partial charge is 0.486 e. The molecule has 2 unspecified atom stereocenters. The predicted molar refractivity (Wildman–Crippen MR) is 123 cm³/mol. The van der Waals surface area contributed by atoms with E-state index in [-0.39, 0.29) is 6.04 Å². The molecule has 2 aromatic heterocycles. The topological polar surface area (TPSA) is 89.6 Å². The molecular weight excluding hydrogens is 428 g/mol. The van der Waals surface area contributed by atoms with E-state index in [9.17, 15) is 4.21 Å². The van der Waals surface area contributed by atoms with E-state index in [1.54, 1.807) is 0 Å². The number of nitrogens with one attached hydrogen (secondary N) is 1. The van der Waals surface area contributed by atoms with Gasteiger partial charge in [0.05, 0.1) is 25.9 Å². The molecule has 1 N–H and O–H groups in total. The number of hydrogen-bond donors (Lipinski definition) is 1. The molecule has 3 atom stereocenters. The first kappa shape index (κ1) is 18.9. The van der Waals surface area contributed by atoms with E-state index in [0.717, 1.165) is 39.4 Å². The van der Waals surface area contributed by atoms with E-state index in [4.69, 9.17) is 24.2 Å². The summed E-state index contributed by atoms with van der Waals surface area (Å²) in [5.41, 5.74) is 2.75. The zero-order chi connectivity index (χ0) is 21.5. The average Bonchev–Trinajstić information content (AvgIpc) is 3.12. The van der Waals surface area contributed by atoms with Gasteiger partial charge in [-0.2, -0.15) is 0 Å². The molecule has 4 aliphatic heterocycles. The monoisotopic (exact) mass is 452 g/mol. The highest BCUT2D eigenvalue weighted by atomic mass is 32.2. The van der Waals surface area contributed by atoms with Gasteiger partial charge in [-0.3, -0.25) is 4.21 Å². The number of fused-ring (bicyclic) bond motifs is 5. The SMILES string of the molecule is CS1(=O)=C2COCCC21c1nc(-c2cccc3[nH]ccc23)nc2c1OC[C@@H]1COCCN21. The smallest absolute Gasteiger partial charge is 0.185 e. The number of aromatic nitrogens is 3. The molecule has 166 valence electrons. The van der Waals surface area contributed by atoms with Gasteiger partial charge in [0.2, 0.25) is 0 Å². The number of benzene rings is 1. The summed E-state index contributed by atoms with van der Waals surface area (Å²) in [5, 5.41) is 1.07. The van der Waals surface area contributed by atoms with Crippen LogP contribution >= 0.6 is 0 Å². The number of ether oxygens (including phenoxy) is 3. The van der Waals surface area contributed by atoms with Crippen LogP contribution in [0.4, 0.5) is 5.82 Å². The predicted octanol–water partition coefficient (Wildman–Crippen LogP) is 1.94. The van der Waals surface area contributed by atoms with E-state index >= 15 is 0 Å². The van der Waals surface area contributed by atoms with E-state index in [0.29, 0.717) is 51.0 Å². The van der Waals surface area contributed by atoms with Crippen molar-refractivity contribution in [3.8, 4) is 17.1 Å². The fourth-order valence-electron chi connectivity index (χ4n) is 5.59. The van der Waals surface area contributed by atoms with Crippen LogP contribution in [0.1, 0.15) is 12.1 Å². The first-order valence-corrected chi connectivity index (χ1v) is 13.0. The van der Waals surface area contributed by atoms with Crippen LogP contribution in [-0.2, 0) is 23.7 Å². The molecule has 9 heteroatoms. The number of H-pyrrole nitrogens is 1. The van der Waals surface area contributed by atoms with Crippen LogP contribution < -0.4 is 9.64 Å². The first-order chi connectivity index (χ1) is 15.6. The Morgan fingerprint density at radius 3 is 3.03 bits per heavy atom. The lowest BCUT2D eigenvalue weighted by atomic mass is 9.94. The van der Waals surface area contributed by atoms with Gasteiger partial charge in [-0.1, -0.05) is 12.1 Å². The zero-order valence-corrected chi connectivity index (χ0v) is 18.6. The molecule has 6 heterocycles. The molecule has 2 fully saturated rings. The number of nitrogens with zero attached hydrogens (tertiary/aromatic N) is 3. The molecule has 3 aromatic rings. The van der Waals surface area contributed by atoms with Gasteiger partial charge >= 0.3 is 0 Å². The highest BCUT2D eigenvalue weighted by Gasteiger charge is 2.63. The Morgan fingerprint density at radius 1 is 1.19 bits per heavy atom. The highest BCUT2D eigenvalue weighted by molar-refractivity contribution is 8.12. The lowest BCUT2D eigenvalue weighted by Gasteiger charge is -2.41. The number of rotatable bonds is 2. The summed E-state index contributed by atoms with van der Waals surface area (Å²) in [6.07, 6.45) is 4.43. The molecule has 0 aliphatic carbocycles. The second-order valence-corrected chi connectivity index (χ2v) is 11.8. The zero-order valence-electron chi connectivity index (χ0n) is 17.8. The molecule has 8 nitrogen and oxygen atoms in total. The lowest BCUT2D eigenvalue weighted by Crippen LogP contribution is -2.52. The Kier molecular flexibility index (Phi) is 3.82. The van der Waals surface area contributed by atoms with Crippen LogP contribution in [0.5, 0.6) is 5.75 Å². The van der Waals surface area contributed by atoms with Crippen molar-refractivity contribution in [1.29, 1.82) is 0 Å². The van der Waals surface area contributed by atoms with Gasteiger partial charge < -0.3 is 24.1 Å². The Morgan fingerprint density at radius 2 is 2.12 bits per heavy atom. The van der Waals surface area contributed by atoms with Crippen molar-refractivity contribution in [2.24, 2.45) is 0 Å². The van der Waals surface area contributed by atoms with Crippen LogP contribution in [0.2, 0.25) is 0 Å². The quantitative estimate of drug-likeness (QED) is 0.595. The van der Waals surface area contributed by atoms with Gasteiger partial charge in [-0.05, 0) is 28.1 Å². The van der Waals surface area contributed by atoms with E-state index in [1.807, 2.05) is 36.7 Å². The van der Waals surface area contributed by atoms with Crippen molar-refractivity contribution < 1.29 is 18.4 Å². The molecule has 32 heavy (non-hydrogen) atoms. The van der Waals surface area contributed by atoms with Crippen LogP contribution in [0.15, 0.2) is 30.5 Å². The first-order valence-electron chi connectivity index (χ1n) is 11.0. The maximum atomic E-state index is 13.7. The molecule has 4 aliphatic rings. The van der Waals surface area contributed by atoms with Crippen LogP contribution in [0.25, 0.3) is 22.3 Å². The molecule has 0 radical (unpaired) electrons. The third-order valence-electron chi connectivity index (χ3n) is 7.36. The van der Waals surface area contributed by atoms with Crippen molar-refractivity contribution >= 4 is 31.1 Å². The Hall–Kier alpha value is -2.62. The molecule has 7 rings (SSSR count). The number of anilines is 1. The standard InChI is InChI=1S/C23H24N4O4S/c1-32(28)18-13-29-9-6-23(18,32)20-19-22(27-8-10-30-11-14(27)12-31-19)26-21(25-20)16-3-2-4-17-15(16)5-7-24-17/h2-5,7,14,24H,6,8-13H2,1H3/t14-,23?,32?/m0/s1. The summed E-state index contributed by atoms with van der Waals surface area (Å²) in [4.78, 5) is 16.6. The second kappa shape index (κ2) is 6.46. The van der Waals surface area contributed by atoms with Crippen molar-refractivity contribution in [2.45, 2.75) is 17.2 Å². The molecule has 0 spiro atoms. The van der Waals surface area contributed by atoms with Crippen LogP contribution in [0, 0.1) is 0 Å². The van der Waals surface area contributed by atoms with Gasteiger partial charge in [0.15, 0.2) is 17.4 Å². The van der Waals surface area contributed by atoms with Crippen molar-refractivity contribution in [3.05, 3.63) is 36.2 Å². The minimum Gasteiger partial charge on any atom is -0.486 e. The molecule has 1 aromatic carbocycles. The van der Waals surface area contributed by atoms with Crippen molar-refractivity contribution in [1.82, 2.24) is 15.0 Å². The molecular formula is C23H24N4O4S. The number of hydrogen-bond acceptors (Lipinski definition) is 7.